The van der Waals surface area contributed by atoms with Crippen LogP contribution in [0.5, 0.6) is 17.2 Å². The molecule has 0 aliphatic heterocycles. The number of hydrogen-bond donors (Lipinski definition) is 6. The van der Waals surface area contributed by atoms with Gasteiger partial charge in [-0.1, -0.05) is 0 Å². The second kappa shape index (κ2) is 7.93. The number of aromatic hydroxyl groups is 3. The summed E-state index contributed by atoms with van der Waals surface area (Å²) in [5.74, 6) is -4.83. The molecule has 0 amide bonds. The van der Waals surface area contributed by atoms with E-state index in [4.69, 9.17) is 0 Å². The van der Waals surface area contributed by atoms with Gasteiger partial charge in [-0.25, -0.2) is 0 Å². The monoisotopic (exact) mass is 521 g/mol. The first-order valence-corrected chi connectivity index (χ1v) is 11.6. The van der Waals surface area contributed by atoms with E-state index < -0.39 is 70.7 Å². The fourth-order valence-corrected chi connectivity index (χ4v) is 5.73. The van der Waals surface area contributed by atoms with Crippen LogP contribution in [0.15, 0.2) is 21.7 Å². The van der Waals surface area contributed by atoms with Gasteiger partial charge in [0.25, 0.3) is 0 Å². The fourth-order valence-electron chi connectivity index (χ4n) is 5.73. The molecule has 0 saturated carbocycles. The van der Waals surface area contributed by atoms with Crippen LogP contribution in [0.1, 0.15) is 30.5 Å². The van der Waals surface area contributed by atoms with E-state index in [0.717, 1.165) is 4.90 Å². The molecule has 1 aliphatic carbocycles. The standard InChI is InChI=1S/C27H23NO10/c1-9-4-12(29)18-19-16(9)13(30)5-11-17(19)20-21(25(18)37)23(35)10(6-28(7-14(31)32)8-15(33)34)24(36)22(20)26(38)27(11,2)3/h4-5,30,35,37-38H,6-8H2,1-3H3,(H,31,32)(H,33,34). The van der Waals surface area contributed by atoms with Crippen LogP contribution in [0.2, 0.25) is 0 Å². The van der Waals surface area contributed by atoms with E-state index in [1.54, 1.807) is 20.8 Å². The second-order valence-corrected chi connectivity index (χ2v) is 10.2. The highest BCUT2D eigenvalue weighted by atomic mass is 16.4. The van der Waals surface area contributed by atoms with E-state index in [2.05, 4.69) is 0 Å². The normalized spacial score (nSPS) is 14.4. The zero-order valence-electron chi connectivity index (χ0n) is 20.5. The van der Waals surface area contributed by atoms with E-state index in [-0.39, 0.29) is 37.9 Å². The number of carboxylic acids is 2. The molecule has 0 radical (unpaired) electrons. The van der Waals surface area contributed by atoms with Crippen LogP contribution in [0.3, 0.4) is 0 Å². The summed E-state index contributed by atoms with van der Waals surface area (Å²) in [5.41, 5.74) is -2.42. The Morgan fingerprint density at radius 1 is 0.816 bits per heavy atom. The van der Waals surface area contributed by atoms with E-state index in [0.29, 0.717) is 16.5 Å². The molecule has 4 aromatic carbocycles. The lowest BCUT2D eigenvalue weighted by Gasteiger charge is -2.32. The smallest absolute Gasteiger partial charge is 0.317 e. The van der Waals surface area contributed by atoms with Crippen molar-refractivity contribution >= 4 is 50.0 Å². The lowest BCUT2D eigenvalue weighted by molar-refractivity contribution is -0.142. The van der Waals surface area contributed by atoms with E-state index in [9.17, 15) is 49.8 Å². The number of aryl methyl sites for hydroxylation is 1. The Labute approximate surface area is 213 Å². The highest BCUT2D eigenvalue weighted by Crippen LogP contribution is 2.51. The molecular formula is C27H23NO10. The van der Waals surface area contributed by atoms with Crippen LogP contribution < -0.4 is 16.1 Å². The first-order chi connectivity index (χ1) is 17.7. The van der Waals surface area contributed by atoms with Gasteiger partial charge in [0.05, 0.1) is 34.6 Å². The molecule has 0 atom stereocenters. The summed E-state index contributed by atoms with van der Waals surface area (Å²) in [6.45, 7) is 2.63. The largest absolute Gasteiger partial charge is 0.511 e. The number of nitrogens with zero attached hydrogens (tertiary/aromatic N) is 1. The van der Waals surface area contributed by atoms with Gasteiger partial charge < -0.3 is 30.6 Å². The van der Waals surface area contributed by atoms with E-state index in [1.165, 1.54) is 12.1 Å². The molecule has 0 fully saturated rings. The third-order valence-electron chi connectivity index (χ3n) is 7.39. The molecule has 4 aromatic rings. The van der Waals surface area contributed by atoms with Gasteiger partial charge in [0.2, 0.25) is 0 Å². The molecule has 5 rings (SSSR count). The maximum Gasteiger partial charge on any atom is 0.317 e. The maximum absolute atomic E-state index is 13.8. The number of phenolic OH excluding ortho intramolecular Hbond substituents is 3. The quantitative estimate of drug-likeness (QED) is 0.159. The lowest BCUT2D eigenvalue weighted by atomic mass is 9.72. The minimum atomic E-state index is -1.38. The summed E-state index contributed by atoms with van der Waals surface area (Å²) in [6.07, 6.45) is 0. The van der Waals surface area contributed by atoms with Crippen molar-refractivity contribution in [1.82, 2.24) is 4.90 Å². The highest BCUT2D eigenvalue weighted by molar-refractivity contribution is 6.29. The molecule has 38 heavy (non-hydrogen) atoms. The molecule has 0 heterocycles. The van der Waals surface area contributed by atoms with Gasteiger partial charge in [0.15, 0.2) is 10.9 Å². The predicted molar refractivity (Wildman–Crippen MR) is 137 cm³/mol. The Morgan fingerprint density at radius 2 is 1.42 bits per heavy atom. The van der Waals surface area contributed by atoms with Crippen LogP contribution in [0.4, 0.5) is 0 Å². The number of hydrogen-bond acceptors (Lipinski definition) is 9. The lowest BCUT2D eigenvalue weighted by Crippen LogP contribution is -2.41. The molecule has 1 aliphatic rings. The number of carbonyl (C=O) groups is 2. The third-order valence-corrected chi connectivity index (χ3v) is 7.39. The van der Waals surface area contributed by atoms with Crippen molar-refractivity contribution < 1.29 is 40.2 Å². The first kappa shape index (κ1) is 25.0. The molecule has 11 nitrogen and oxygen atoms in total. The number of benzene rings is 4. The summed E-state index contributed by atoms with van der Waals surface area (Å²) in [5, 5.41) is 63.3. The Balaban J connectivity index is 2.06. The van der Waals surface area contributed by atoms with Crippen molar-refractivity contribution in [1.29, 1.82) is 0 Å². The van der Waals surface area contributed by atoms with Gasteiger partial charge in [-0.05, 0) is 49.4 Å². The number of aliphatic carboxylic acids is 2. The summed E-state index contributed by atoms with van der Waals surface area (Å²) < 4.78 is 0. The van der Waals surface area contributed by atoms with Crippen LogP contribution in [0, 0.1) is 6.92 Å². The summed E-state index contributed by atoms with van der Waals surface area (Å²) in [6, 6.07) is 2.64. The molecule has 11 heteroatoms. The molecule has 0 aromatic heterocycles. The first-order valence-electron chi connectivity index (χ1n) is 11.6. The average Bonchev–Trinajstić information content (AvgIpc) is 2.78. The van der Waals surface area contributed by atoms with Crippen LogP contribution >= 0.6 is 0 Å². The van der Waals surface area contributed by atoms with Crippen LogP contribution in [0.25, 0.3) is 38.1 Å². The molecule has 196 valence electrons. The molecule has 6 N–H and O–H groups in total. The maximum atomic E-state index is 13.8. The van der Waals surface area contributed by atoms with Gasteiger partial charge in [0.1, 0.15) is 23.0 Å². The summed E-state index contributed by atoms with van der Waals surface area (Å²) in [4.78, 5) is 50.5. The average molecular weight is 521 g/mol. The molecule has 0 saturated heterocycles. The number of aliphatic hydroxyl groups is 1. The molecule has 0 spiro atoms. The molecular weight excluding hydrogens is 498 g/mol. The zero-order chi connectivity index (χ0) is 28.0. The van der Waals surface area contributed by atoms with Gasteiger partial charge >= 0.3 is 11.9 Å². The SMILES string of the molecule is Cc1cc(=O)c2c(O)c3c(O)c(CN(CC(=O)O)CC(=O)O)c(=O)c4c3c3c(cc(O)c1c23)C(C)(C)C=4O. The van der Waals surface area contributed by atoms with Crippen LogP contribution in [-0.2, 0) is 21.5 Å². The minimum absolute atomic E-state index is 0.0221. The number of rotatable bonds is 6. The molecule has 0 unspecified atom stereocenters. The predicted octanol–water partition coefficient (Wildman–Crippen LogP) is 1.38. The topological polar surface area (TPSA) is 193 Å². The number of aliphatic hydroxyl groups excluding tert-OH is 1. The van der Waals surface area contributed by atoms with E-state index in [1.807, 2.05) is 0 Å². The van der Waals surface area contributed by atoms with Gasteiger partial charge in [-0.3, -0.25) is 24.1 Å². The number of carboxylic acid groups (broad SMARTS) is 2. The van der Waals surface area contributed by atoms with Crippen LogP contribution in [-0.4, -0.2) is 60.6 Å². The fraction of sp³-hybridized carbons (Fsp3) is 0.259. The summed E-state index contributed by atoms with van der Waals surface area (Å²) >= 11 is 0. The second-order valence-electron chi connectivity index (χ2n) is 10.2. The summed E-state index contributed by atoms with van der Waals surface area (Å²) in [7, 11) is 0. The third kappa shape index (κ3) is 3.18. The molecule has 0 bridgehead atoms. The van der Waals surface area contributed by atoms with Crippen molar-refractivity contribution in [3.63, 3.8) is 0 Å². The number of phenols is 3. The van der Waals surface area contributed by atoms with Crippen molar-refractivity contribution in [3.8, 4) is 17.2 Å². The van der Waals surface area contributed by atoms with Gasteiger partial charge in [-0.15, -0.1) is 0 Å². The Hall–Kier alpha value is -4.64. The Morgan fingerprint density at radius 3 is 2.00 bits per heavy atom. The zero-order valence-corrected chi connectivity index (χ0v) is 20.5. The van der Waals surface area contributed by atoms with Gasteiger partial charge in [-0.2, -0.15) is 0 Å². The van der Waals surface area contributed by atoms with E-state index >= 15 is 0 Å². The van der Waals surface area contributed by atoms with Gasteiger partial charge in [0, 0.05) is 28.1 Å². The van der Waals surface area contributed by atoms with Crippen molar-refractivity contribution in [2.45, 2.75) is 32.7 Å². The minimum Gasteiger partial charge on any atom is -0.511 e. The highest BCUT2D eigenvalue weighted by Gasteiger charge is 2.38. The van der Waals surface area contributed by atoms with Crippen molar-refractivity contribution in [2.24, 2.45) is 0 Å². The Bertz CT molecular complexity index is 1910. The Kier molecular flexibility index (Phi) is 5.22. The van der Waals surface area contributed by atoms with Crippen molar-refractivity contribution in [2.75, 3.05) is 13.1 Å². The van der Waals surface area contributed by atoms with Crippen molar-refractivity contribution in [3.05, 3.63) is 54.5 Å².